The van der Waals surface area contributed by atoms with Gasteiger partial charge in [-0.15, -0.1) is 11.8 Å². The van der Waals surface area contributed by atoms with E-state index >= 15 is 0 Å². The SMILES string of the molecule is COCCNC(=O)NC(=O)CSCC(NC=O)C(=O)O. The number of urea groups is 1. The van der Waals surface area contributed by atoms with Crippen LogP contribution in [0.3, 0.4) is 0 Å². The molecule has 0 fully saturated rings. The second kappa shape index (κ2) is 11.1. The third-order valence-corrected chi connectivity index (χ3v) is 2.97. The van der Waals surface area contributed by atoms with Crippen molar-refractivity contribution in [1.29, 1.82) is 0 Å². The predicted molar refractivity (Wildman–Crippen MR) is 71.4 cm³/mol. The standard InChI is InChI=1S/C10H17N3O6S/c1-19-3-2-11-10(18)13-8(15)5-20-4-7(9(16)17)12-6-14/h6-7H,2-5H2,1H3,(H,12,14)(H,16,17)(H2,11,13,15,18). The van der Waals surface area contributed by atoms with Crippen LogP contribution in [-0.2, 0) is 19.1 Å². The highest BCUT2D eigenvalue weighted by Gasteiger charge is 2.17. The second-order valence-corrected chi connectivity index (χ2v) is 4.52. The third kappa shape index (κ3) is 9.16. The molecule has 4 N–H and O–H groups in total. The minimum absolute atomic E-state index is 0.0206. The summed E-state index contributed by atoms with van der Waals surface area (Å²) in [5.41, 5.74) is 0. The number of hydrogen-bond donors (Lipinski definition) is 4. The summed E-state index contributed by atoms with van der Waals surface area (Å²) >= 11 is 0.989. The molecule has 1 unspecified atom stereocenters. The number of carboxylic acid groups (broad SMARTS) is 1. The zero-order valence-corrected chi connectivity index (χ0v) is 11.7. The molecule has 0 saturated carbocycles. The largest absolute Gasteiger partial charge is 0.480 e. The minimum Gasteiger partial charge on any atom is -0.480 e. The molecule has 0 aliphatic heterocycles. The van der Waals surface area contributed by atoms with Gasteiger partial charge in [0, 0.05) is 19.4 Å². The number of hydrogen-bond acceptors (Lipinski definition) is 6. The Kier molecular flexibility index (Phi) is 10.1. The van der Waals surface area contributed by atoms with E-state index in [0.717, 1.165) is 11.8 Å². The Morgan fingerprint density at radius 1 is 1.40 bits per heavy atom. The van der Waals surface area contributed by atoms with Crippen LogP contribution in [0.15, 0.2) is 0 Å². The zero-order valence-electron chi connectivity index (χ0n) is 10.9. The van der Waals surface area contributed by atoms with E-state index in [2.05, 4.69) is 16.0 Å². The monoisotopic (exact) mass is 307 g/mol. The van der Waals surface area contributed by atoms with Crippen LogP contribution in [0.5, 0.6) is 0 Å². The minimum atomic E-state index is -1.19. The molecule has 0 aliphatic rings. The molecule has 0 aromatic rings. The first-order chi connectivity index (χ1) is 9.51. The summed E-state index contributed by atoms with van der Waals surface area (Å²) in [5.74, 6) is -1.82. The van der Waals surface area contributed by atoms with E-state index in [0.29, 0.717) is 6.61 Å². The van der Waals surface area contributed by atoms with Crippen LogP contribution in [0.1, 0.15) is 0 Å². The van der Waals surface area contributed by atoms with Crippen molar-refractivity contribution < 1.29 is 29.0 Å². The van der Waals surface area contributed by atoms with E-state index < -0.39 is 23.9 Å². The molecule has 114 valence electrons. The fourth-order valence-corrected chi connectivity index (χ4v) is 1.87. The maximum atomic E-state index is 11.3. The van der Waals surface area contributed by atoms with Crippen LogP contribution in [-0.4, -0.2) is 67.2 Å². The van der Waals surface area contributed by atoms with Crippen molar-refractivity contribution in [2.24, 2.45) is 0 Å². The number of aliphatic carboxylic acids is 1. The number of methoxy groups -OCH3 is 1. The van der Waals surface area contributed by atoms with Gasteiger partial charge in [-0.1, -0.05) is 0 Å². The van der Waals surface area contributed by atoms with Crippen molar-refractivity contribution in [2.75, 3.05) is 31.8 Å². The number of carboxylic acids is 1. The van der Waals surface area contributed by atoms with Gasteiger partial charge in [0.2, 0.25) is 12.3 Å². The summed E-state index contributed by atoms with van der Waals surface area (Å²) in [7, 11) is 1.48. The number of carbonyl (C=O) groups is 4. The van der Waals surface area contributed by atoms with Gasteiger partial charge < -0.3 is 20.5 Å². The van der Waals surface area contributed by atoms with Gasteiger partial charge in [0.25, 0.3) is 0 Å². The van der Waals surface area contributed by atoms with Gasteiger partial charge in [-0.3, -0.25) is 14.9 Å². The topological polar surface area (TPSA) is 134 Å². The van der Waals surface area contributed by atoms with Crippen molar-refractivity contribution in [1.82, 2.24) is 16.0 Å². The van der Waals surface area contributed by atoms with E-state index in [4.69, 9.17) is 9.84 Å². The van der Waals surface area contributed by atoms with Gasteiger partial charge in [-0.2, -0.15) is 0 Å². The molecular formula is C10H17N3O6S. The number of ether oxygens (including phenoxy) is 1. The normalized spacial score (nSPS) is 11.2. The molecule has 9 nitrogen and oxygen atoms in total. The Morgan fingerprint density at radius 2 is 2.10 bits per heavy atom. The van der Waals surface area contributed by atoms with Crippen molar-refractivity contribution in [2.45, 2.75) is 6.04 Å². The lowest BCUT2D eigenvalue weighted by Gasteiger charge is -2.10. The van der Waals surface area contributed by atoms with Gasteiger partial charge in [0.15, 0.2) is 0 Å². The molecule has 0 spiro atoms. The summed E-state index contributed by atoms with van der Waals surface area (Å²) < 4.78 is 4.71. The molecule has 0 radical (unpaired) electrons. The van der Waals surface area contributed by atoms with Gasteiger partial charge >= 0.3 is 12.0 Å². The van der Waals surface area contributed by atoms with E-state index in [-0.39, 0.29) is 24.5 Å². The highest BCUT2D eigenvalue weighted by molar-refractivity contribution is 8.00. The fraction of sp³-hybridized carbons (Fsp3) is 0.600. The maximum absolute atomic E-state index is 11.3. The second-order valence-electron chi connectivity index (χ2n) is 3.49. The highest BCUT2D eigenvalue weighted by Crippen LogP contribution is 2.02. The molecule has 0 bridgehead atoms. The number of rotatable bonds is 10. The first-order valence-electron chi connectivity index (χ1n) is 5.58. The average molecular weight is 307 g/mol. The van der Waals surface area contributed by atoms with Gasteiger partial charge in [0.05, 0.1) is 12.4 Å². The Labute approximate surface area is 119 Å². The first kappa shape index (κ1) is 18.2. The Bertz CT molecular complexity index is 352. The van der Waals surface area contributed by atoms with Gasteiger partial charge in [0.1, 0.15) is 6.04 Å². The lowest BCUT2D eigenvalue weighted by atomic mass is 10.3. The molecule has 0 aromatic carbocycles. The average Bonchev–Trinajstić information content (AvgIpc) is 2.37. The summed E-state index contributed by atoms with van der Waals surface area (Å²) in [6, 6.07) is -1.71. The number of thioether (sulfide) groups is 1. The molecular weight excluding hydrogens is 290 g/mol. The Balaban J connectivity index is 3.84. The van der Waals surface area contributed by atoms with E-state index in [1.807, 2.05) is 0 Å². The number of nitrogens with one attached hydrogen (secondary N) is 3. The number of imide groups is 1. The zero-order chi connectivity index (χ0) is 15.4. The molecule has 0 rings (SSSR count). The van der Waals surface area contributed by atoms with E-state index in [9.17, 15) is 19.2 Å². The quantitative estimate of drug-likeness (QED) is 0.282. The number of amides is 4. The summed E-state index contributed by atoms with van der Waals surface area (Å²) in [4.78, 5) is 43.3. The highest BCUT2D eigenvalue weighted by atomic mass is 32.2. The first-order valence-corrected chi connectivity index (χ1v) is 6.73. The van der Waals surface area contributed by atoms with Gasteiger partial charge in [-0.05, 0) is 0 Å². The third-order valence-electron chi connectivity index (χ3n) is 1.93. The van der Waals surface area contributed by atoms with Crippen molar-refractivity contribution in [3.63, 3.8) is 0 Å². The smallest absolute Gasteiger partial charge is 0.327 e. The summed E-state index contributed by atoms with van der Waals surface area (Å²) in [6.07, 6.45) is 0.280. The van der Waals surface area contributed by atoms with Crippen LogP contribution in [0.2, 0.25) is 0 Å². The molecule has 10 heteroatoms. The van der Waals surface area contributed by atoms with Crippen LogP contribution in [0, 0.1) is 0 Å². The van der Waals surface area contributed by atoms with Gasteiger partial charge in [-0.25, -0.2) is 9.59 Å². The van der Waals surface area contributed by atoms with Crippen LogP contribution >= 0.6 is 11.8 Å². The van der Waals surface area contributed by atoms with E-state index in [1.54, 1.807) is 0 Å². The lowest BCUT2D eigenvalue weighted by molar-refractivity contribution is -0.139. The van der Waals surface area contributed by atoms with Crippen LogP contribution in [0.25, 0.3) is 0 Å². The lowest BCUT2D eigenvalue weighted by Crippen LogP contribution is -2.42. The predicted octanol–water partition coefficient (Wildman–Crippen LogP) is -1.61. The maximum Gasteiger partial charge on any atom is 0.327 e. The van der Waals surface area contributed by atoms with Crippen molar-refractivity contribution in [3.05, 3.63) is 0 Å². The molecule has 0 heterocycles. The Morgan fingerprint density at radius 3 is 2.65 bits per heavy atom. The van der Waals surface area contributed by atoms with Crippen molar-refractivity contribution >= 4 is 36.1 Å². The Hall–Kier alpha value is -1.81. The van der Waals surface area contributed by atoms with Crippen LogP contribution in [0.4, 0.5) is 4.79 Å². The molecule has 1 atom stereocenters. The summed E-state index contributed by atoms with van der Waals surface area (Å²) in [5, 5.41) is 15.3. The number of carbonyl (C=O) groups excluding carboxylic acids is 3. The molecule has 0 aliphatic carbocycles. The molecule has 0 saturated heterocycles. The molecule has 0 aromatic heterocycles. The van der Waals surface area contributed by atoms with Crippen molar-refractivity contribution in [3.8, 4) is 0 Å². The molecule has 20 heavy (non-hydrogen) atoms. The molecule has 4 amide bonds. The van der Waals surface area contributed by atoms with Crippen LogP contribution < -0.4 is 16.0 Å². The van der Waals surface area contributed by atoms with E-state index in [1.165, 1.54) is 7.11 Å². The fourth-order valence-electron chi connectivity index (χ4n) is 1.02. The summed E-state index contributed by atoms with van der Waals surface area (Å²) in [6.45, 7) is 0.598.